The van der Waals surface area contributed by atoms with E-state index in [0.29, 0.717) is 12.4 Å². The Bertz CT molecular complexity index is 624. The summed E-state index contributed by atoms with van der Waals surface area (Å²) in [6.45, 7) is 10.5. The van der Waals surface area contributed by atoms with Crippen molar-refractivity contribution in [1.29, 1.82) is 0 Å². The number of hydrogen-bond acceptors (Lipinski definition) is 4. The van der Waals surface area contributed by atoms with E-state index in [1.165, 1.54) is 0 Å². The smallest absolute Gasteiger partial charge is 0.216 e. The summed E-state index contributed by atoms with van der Waals surface area (Å²) in [6.07, 6.45) is 5.32. The molecule has 2 N–H and O–H groups in total. The molecule has 0 aromatic carbocycles. The molecule has 6 nitrogen and oxygen atoms in total. The molecule has 0 fully saturated rings. The fraction of sp³-hybridized carbons (Fsp3) is 0.556. The standard InChI is InChI=1S/C18H28N4O2/c1-5-9-19-17(20-10-8-14-7-6-11-23-14)22-13-16-21-12-15(24-16)18(2,3)4/h6-7,11-12H,5,8-10,13H2,1-4H3,(H2,19,20,22). The number of nitrogens with one attached hydrogen (secondary N) is 2. The first kappa shape index (κ1) is 18.1. The quantitative estimate of drug-likeness (QED) is 0.601. The number of aromatic nitrogens is 1. The Balaban J connectivity index is 1.90. The van der Waals surface area contributed by atoms with Crippen LogP contribution in [-0.4, -0.2) is 24.0 Å². The first-order chi connectivity index (χ1) is 11.5. The monoisotopic (exact) mass is 332 g/mol. The molecule has 0 saturated carbocycles. The molecule has 6 heteroatoms. The van der Waals surface area contributed by atoms with E-state index < -0.39 is 0 Å². The molecule has 132 valence electrons. The first-order valence-corrected chi connectivity index (χ1v) is 8.49. The van der Waals surface area contributed by atoms with E-state index in [1.807, 2.05) is 12.1 Å². The molecule has 0 aliphatic heterocycles. The minimum absolute atomic E-state index is 0.0421. The van der Waals surface area contributed by atoms with E-state index in [2.05, 4.69) is 48.3 Å². The van der Waals surface area contributed by atoms with Crippen molar-refractivity contribution in [3.63, 3.8) is 0 Å². The number of guanidine groups is 1. The number of nitrogens with zero attached hydrogens (tertiary/aromatic N) is 2. The Morgan fingerprint density at radius 1 is 1.25 bits per heavy atom. The molecule has 2 heterocycles. The van der Waals surface area contributed by atoms with E-state index in [0.717, 1.165) is 43.4 Å². The van der Waals surface area contributed by atoms with E-state index in [-0.39, 0.29) is 5.41 Å². The summed E-state index contributed by atoms with van der Waals surface area (Å²) in [5.74, 6) is 3.23. The van der Waals surface area contributed by atoms with E-state index in [1.54, 1.807) is 12.5 Å². The number of furan rings is 1. The van der Waals surface area contributed by atoms with Gasteiger partial charge in [-0.2, -0.15) is 0 Å². The third-order valence-corrected chi connectivity index (χ3v) is 3.45. The van der Waals surface area contributed by atoms with Gasteiger partial charge in [-0.05, 0) is 18.6 Å². The van der Waals surface area contributed by atoms with Gasteiger partial charge in [-0.25, -0.2) is 9.98 Å². The van der Waals surface area contributed by atoms with Gasteiger partial charge in [0.2, 0.25) is 5.89 Å². The Labute approximate surface area is 143 Å². The maximum absolute atomic E-state index is 5.78. The Morgan fingerprint density at radius 2 is 2.04 bits per heavy atom. The lowest BCUT2D eigenvalue weighted by atomic mass is 9.94. The molecule has 0 radical (unpaired) electrons. The first-order valence-electron chi connectivity index (χ1n) is 8.49. The highest BCUT2D eigenvalue weighted by Crippen LogP contribution is 2.22. The van der Waals surface area contributed by atoms with Crippen molar-refractivity contribution >= 4 is 5.96 Å². The Morgan fingerprint density at radius 3 is 2.67 bits per heavy atom. The minimum atomic E-state index is -0.0421. The van der Waals surface area contributed by atoms with Gasteiger partial charge in [0.1, 0.15) is 18.1 Å². The van der Waals surface area contributed by atoms with Crippen LogP contribution in [0.1, 0.15) is 51.5 Å². The molecule has 0 atom stereocenters. The lowest BCUT2D eigenvalue weighted by Crippen LogP contribution is -2.38. The summed E-state index contributed by atoms with van der Waals surface area (Å²) in [5.41, 5.74) is -0.0421. The molecular weight excluding hydrogens is 304 g/mol. The highest BCUT2D eigenvalue weighted by molar-refractivity contribution is 5.79. The molecule has 0 aliphatic carbocycles. The lowest BCUT2D eigenvalue weighted by Gasteiger charge is -2.13. The van der Waals surface area contributed by atoms with Crippen molar-refractivity contribution in [2.24, 2.45) is 4.99 Å². The Hall–Kier alpha value is -2.24. The third kappa shape index (κ3) is 5.76. The third-order valence-electron chi connectivity index (χ3n) is 3.45. The van der Waals surface area contributed by atoms with Crippen molar-refractivity contribution in [2.75, 3.05) is 13.1 Å². The van der Waals surface area contributed by atoms with Gasteiger partial charge in [0.15, 0.2) is 5.96 Å². The van der Waals surface area contributed by atoms with Crippen LogP contribution in [0.4, 0.5) is 0 Å². The second-order valence-electron chi connectivity index (χ2n) is 6.72. The summed E-state index contributed by atoms with van der Waals surface area (Å²) >= 11 is 0. The van der Waals surface area contributed by atoms with Gasteiger partial charge in [0, 0.05) is 24.9 Å². The highest BCUT2D eigenvalue weighted by atomic mass is 16.4. The van der Waals surface area contributed by atoms with E-state index >= 15 is 0 Å². The average molecular weight is 332 g/mol. The van der Waals surface area contributed by atoms with Crippen LogP contribution in [0.5, 0.6) is 0 Å². The van der Waals surface area contributed by atoms with Crippen molar-refractivity contribution in [2.45, 2.75) is 52.5 Å². The summed E-state index contributed by atoms with van der Waals surface area (Å²) < 4.78 is 11.1. The summed E-state index contributed by atoms with van der Waals surface area (Å²) in [5, 5.41) is 6.61. The summed E-state index contributed by atoms with van der Waals surface area (Å²) in [7, 11) is 0. The lowest BCUT2D eigenvalue weighted by molar-refractivity contribution is 0.383. The molecule has 2 rings (SSSR count). The van der Waals surface area contributed by atoms with Crippen molar-refractivity contribution in [1.82, 2.24) is 15.6 Å². The van der Waals surface area contributed by atoms with Gasteiger partial charge >= 0.3 is 0 Å². The zero-order valence-electron chi connectivity index (χ0n) is 15.1. The molecule has 0 unspecified atom stereocenters. The molecule has 2 aromatic rings. The normalized spacial score (nSPS) is 12.4. The van der Waals surface area contributed by atoms with Gasteiger partial charge in [-0.15, -0.1) is 0 Å². The number of oxazole rings is 1. The van der Waals surface area contributed by atoms with Crippen LogP contribution in [0.3, 0.4) is 0 Å². The van der Waals surface area contributed by atoms with Gasteiger partial charge in [0.05, 0.1) is 12.5 Å². The fourth-order valence-corrected chi connectivity index (χ4v) is 2.05. The maximum Gasteiger partial charge on any atom is 0.216 e. The molecular formula is C18H28N4O2. The second kappa shape index (κ2) is 8.57. The Kier molecular flexibility index (Phi) is 6.46. The van der Waals surface area contributed by atoms with Crippen LogP contribution in [-0.2, 0) is 18.4 Å². The molecule has 0 spiro atoms. The van der Waals surface area contributed by atoms with Gasteiger partial charge < -0.3 is 19.5 Å². The minimum Gasteiger partial charge on any atom is -0.469 e. The van der Waals surface area contributed by atoms with Crippen LogP contribution in [0, 0.1) is 0 Å². The van der Waals surface area contributed by atoms with Crippen LogP contribution >= 0.6 is 0 Å². The van der Waals surface area contributed by atoms with E-state index in [4.69, 9.17) is 8.83 Å². The zero-order chi connectivity index (χ0) is 17.4. The molecule has 24 heavy (non-hydrogen) atoms. The predicted octanol–water partition coefficient (Wildman–Crippen LogP) is 3.25. The fourth-order valence-electron chi connectivity index (χ4n) is 2.05. The molecule has 0 saturated heterocycles. The van der Waals surface area contributed by atoms with Crippen molar-refractivity contribution in [3.8, 4) is 0 Å². The topological polar surface area (TPSA) is 75.6 Å². The van der Waals surface area contributed by atoms with Crippen molar-refractivity contribution < 1.29 is 8.83 Å². The van der Waals surface area contributed by atoms with Gasteiger partial charge in [0.25, 0.3) is 0 Å². The molecule has 2 aromatic heterocycles. The number of hydrogen-bond donors (Lipinski definition) is 2. The average Bonchev–Trinajstić information content (AvgIpc) is 3.20. The maximum atomic E-state index is 5.78. The van der Waals surface area contributed by atoms with Crippen LogP contribution in [0.15, 0.2) is 38.4 Å². The number of rotatable bonds is 7. The highest BCUT2D eigenvalue weighted by Gasteiger charge is 2.18. The predicted molar refractivity (Wildman–Crippen MR) is 95.1 cm³/mol. The van der Waals surface area contributed by atoms with Crippen LogP contribution in [0.2, 0.25) is 0 Å². The van der Waals surface area contributed by atoms with Gasteiger partial charge in [-0.1, -0.05) is 27.7 Å². The van der Waals surface area contributed by atoms with E-state index in [9.17, 15) is 0 Å². The summed E-state index contributed by atoms with van der Waals surface area (Å²) in [6, 6.07) is 3.87. The van der Waals surface area contributed by atoms with Crippen LogP contribution in [0.25, 0.3) is 0 Å². The molecule has 0 aliphatic rings. The molecule has 0 amide bonds. The van der Waals surface area contributed by atoms with Gasteiger partial charge in [-0.3, -0.25) is 0 Å². The second-order valence-corrected chi connectivity index (χ2v) is 6.72. The number of aliphatic imine (C=N–C) groups is 1. The largest absolute Gasteiger partial charge is 0.469 e. The van der Waals surface area contributed by atoms with Crippen molar-refractivity contribution in [3.05, 3.63) is 42.0 Å². The summed E-state index contributed by atoms with van der Waals surface area (Å²) in [4.78, 5) is 8.86. The SMILES string of the molecule is CCCNC(=NCc1ncc(C(C)(C)C)o1)NCCc1ccco1. The molecule has 0 bridgehead atoms. The van der Waals surface area contributed by atoms with Crippen LogP contribution < -0.4 is 10.6 Å². The zero-order valence-corrected chi connectivity index (χ0v) is 15.1.